The van der Waals surface area contributed by atoms with Crippen molar-refractivity contribution in [3.8, 4) is 5.75 Å². The number of unbranched alkanes of at least 4 members (excludes halogenated alkanes) is 21. The Bertz CT molecular complexity index is 711. The van der Waals surface area contributed by atoms with E-state index in [1.807, 2.05) is 0 Å². The van der Waals surface area contributed by atoms with Crippen molar-refractivity contribution in [3.63, 3.8) is 0 Å². The molecule has 1 aromatic carbocycles. The summed E-state index contributed by atoms with van der Waals surface area (Å²) in [4.78, 5) is 10.9. The first-order valence-electron chi connectivity index (χ1n) is 17.9. The van der Waals surface area contributed by atoms with Crippen molar-refractivity contribution >= 4 is 21.9 Å². The first-order valence-corrected chi connectivity index (χ1v) is 19.0. The second kappa shape index (κ2) is 32.3. The molecule has 43 heavy (non-hydrogen) atoms. The molecule has 1 aromatic rings. The van der Waals surface area contributed by atoms with E-state index in [0.29, 0.717) is 12.2 Å². The summed E-state index contributed by atoms with van der Waals surface area (Å²) in [5, 5.41) is 10.1. The molecule has 0 aliphatic rings. The average molecular weight is 670 g/mol. The lowest BCUT2D eigenvalue weighted by atomic mass is 10.1. The zero-order valence-electron chi connectivity index (χ0n) is 27.5. The molecule has 0 saturated heterocycles. The van der Waals surface area contributed by atoms with Crippen molar-refractivity contribution in [2.75, 3.05) is 38.4 Å². The summed E-state index contributed by atoms with van der Waals surface area (Å²) >= 11 is 3.50. The van der Waals surface area contributed by atoms with Gasteiger partial charge in [0.05, 0.1) is 12.2 Å². The topological polar surface area (TPSA) is 65.0 Å². The molecule has 0 aliphatic heterocycles. The van der Waals surface area contributed by atoms with Crippen LogP contribution in [0.3, 0.4) is 0 Å². The summed E-state index contributed by atoms with van der Waals surface area (Å²) in [6.45, 7) is 4.46. The fourth-order valence-corrected chi connectivity index (χ4v) is 5.68. The normalized spacial score (nSPS) is 11.3. The SMILES string of the molecule is O=C(O)c1ccc(OCCCCCCCCCCOCCCCCCCCCCOCCCCCCCCCCBr)cc1. The highest BCUT2D eigenvalue weighted by Gasteiger charge is 2.02. The molecule has 0 amide bonds. The van der Waals surface area contributed by atoms with E-state index in [-0.39, 0.29) is 0 Å². The van der Waals surface area contributed by atoms with E-state index in [1.165, 1.54) is 148 Å². The van der Waals surface area contributed by atoms with Crippen molar-refractivity contribution in [1.82, 2.24) is 0 Å². The molecule has 0 aliphatic carbocycles. The van der Waals surface area contributed by atoms with Gasteiger partial charge in [0.2, 0.25) is 0 Å². The van der Waals surface area contributed by atoms with E-state index < -0.39 is 5.97 Å². The fraction of sp³-hybridized carbons (Fsp3) is 0.811. The van der Waals surface area contributed by atoms with Crippen LogP contribution in [-0.2, 0) is 9.47 Å². The maximum absolute atomic E-state index is 10.9. The summed E-state index contributed by atoms with van der Waals surface area (Å²) in [5.41, 5.74) is 0.293. The van der Waals surface area contributed by atoms with Crippen molar-refractivity contribution < 1.29 is 24.1 Å². The number of halogens is 1. The second-order valence-electron chi connectivity index (χ2n) is 12.1. The molecule has 250 valence electrons. The first-order chi connectivity index (χ1) is 21.2. The number of aromatic carboxylic acids is 1. The van der Waals surface area contributed by atoms with Crippen LogP contribution >= 0.6 is 15.9 Å². The van der Waals surface area contributed by atoms with Gasteiger partial charge in [-0.3, -0.25) is 0 Å². The Morgan fingerprint density at radius 1 is 0.465 bits per heavy atom. The van der Waals surface area contributed by atoms with E-state index in [0.717, 1.165) is 43.9 Å². The van der Waals surface area contributed by atoms with E-state index in [4.69, 9.17) is 19.3 Å². The van der Waals surface area contributed by atoms with Crippen molar-refractivity contribution in [2.24, 2.45) is 0 Å². The number of benzene rings is 1. The molecular formula is C37H65BrO5. The van der Waals surface area contributed by atoms with E-state index in [1.54, 1.807) is 24.3 Å². The van der Waals surface area contributed by atoms with Gasteiger partial charge in [-0.2, -0.15) is 0 Å². The van der Waals surface area contributed by atoms with Crippen LogP contribution in [0.2, 0.25) is 0 Å². The van der Waals surface area contributed by atoms with Crippen LogP contribution in [0.25, 0.3) is 0 Å². The Morgan fingerprint density at radius 2 is 0.767 bits per heavy atom. The molecule has 0 aromatic heterocycles. The summed E-state index contributed by atoms with van der Waals surface area (Å²) in [5.74, 6) is -0.162. The van der Waals surface area contributed by atoms with Gasteiger partial charge in [-0.15, -0.1) is 0 Å². The van der Waals surface area contributed by atoms with Crippen LogP contribution in [0.4, 0.5) is 0 Å². The van der Waals surface area contributed by atoms with Gasteiger partial charge < -0.3 is 19.3 Å². The maximum Gasteiger partial charge on any atom is 0.335 e. The number of carboxylic acid groups (broad SMARTS) is 1. The van der Waals surface area contributed by atoms with Gasteiger partial charge in [0, 0.05) is 31.8 Å². The van der Waals surface area contributed by atoms with Crippen LogP contribution in [0.15, 0.2) is 24.3 Å². The summed E-state index contributed by atoms with van der Waals surface area (Å²) in [6.07, 6.45) is 31.2. The van der Waals surface area contributed by atoms with Crippen molar-refractivity contribution in [1.29, 1.82) is 0 Å². The number of hydrogen-bond acceptors (Lipinski definition) is 4. The Balaban J connectivity index is 1.66. The highest BCUT2D eigenvalue weighted by atomic mass is 79.9. The minimum Gasteiger partial charge on any atom is -0.494 e. The van der Waals surface area contributed by atoms with Crippen LogP contribution in [0.5, 0.6) is 5.75 Å². The highest BCUT2D eigenvalue weighted by Crippen LogP contribution is 2.15. The monoisotopic (exact) mass is 668 g/mol. The molecule has 0 fully saturated rings. The third kappa shape index (κ3) is 28.1. The molecule has 0 radical (unpaired) electrons. The highest BCUT2D eigenvalue weighted by molar-refractivity contribution is 9.09. The van der Waals surface area contributed by atoms with Gasteiger partial charge in [-0.25, -0.2) is 4.79 Å². The number of ether oxygens (including phenoxy) is 3. The third-order valence-electron chi connectivity index (χ3n) is 8.05. The van der Waals surface area contributed by atoms with Gasteiger partial charge in [-0.05, 0) is 62.8 Å². The van der Waals surface area contributed by atoms with Crippen LogP contribution < -0.4 is 4.74 Å². The molecule has 6 heteroatoms. The lowest BCUT2D eigenvalue weighted by Crippen LogP contribution is -1.99. The Kier molecular flexibility index (Phi) is 30.0. The second-order valence-corrected chi connectivity index (χ2v) is 12.9. The summed E-state index contributed by atoms with van der Waals surface area (Å²) in [7, 11) is 0. The maximum atomic E-state index is 10.9. The third-order valence-corrected chi connectivity index (χ3v) is 8.61. The average Bonchev–Trinajstić information content (AvgIpc) is 3.02. The van der Waals surface area contributed by atoms with E-state index in [9.17, 15) is 4.79 Å². The number of carboxylic acids is 1. The molecule has 0 bridgehead atoms. The van der Waals surface area contributed by atoms with Gasteiger partial charge in [-0.1, -0.05) is 132 Å². The number of hydrogen-bond donors (Lipinski definition) is 1. The largest absolute Gasteiger partial charge is 0.494 e. The molecule has 0 spiro atoms. The molecule has 0 unspecified atom stereocenters. The van der Waals surface area contributed by atoms with Gasteiger partial charge >= 0.3 is 5.97 Å². The summed E-state index contributed by atoms with van der Waals surface area (Å²) < 4.78 is 17.4. The Labute approximate surface area is 273 Å². The van der Waals surface area contributed by atoms with E-state index >= 15 is 0 Å². The minimum atomic E-state index is -0.906. The molecule has 0 heterocycles. The van der Waals surface area contributed by atoms with Crippen LogP contribution in [0, 0.1) is 0 Å². The zero-order valence-corrected chi connectivity index (χ0v) is 29.1. The quantitative estimate of drug-likeness (QED) is 0.0584. The number of alkyl halides is 1. The van der Waals surface area contributed by atoms with Gasteiger partial charge in [0.15, 0.2) is 0 Å². The minimum absolute atomic E-state index is 0.293. The van der Waals surface area contributed by atoms with Crippen molar-refractivity contribution in [2.45, 2.75) is 154 Å². The van der Waals surface area contributed by atoms with Crippen LogP contribution in [0.1, 0.15) is 164 Å². The van der Waals surface area contributed by atoms with Gasteiger partial charge in [0.1, 0.15) is 5.75 Å². The zero-order chi connectivity index (χ0) is 30.9. The van der Waals surface area contributed by atoms with Crippen LogP contribution in [-0.4, -0.2) is 49.4 Å². The lowest BCUT2D eigenvalue weighted by Gasteiger charge is -2.07. The fourth-order valence-electron chi connectivity index (χ4n) is 5.28. The predicted octanol–water partition coefficient (Wildman–Crippen LogP) is 11.6. The molecular weight excluding hydrogens is 604 g/mol. The molecule has 0 saturated carbocycles. The van der Waals surface area contributed by atoms with Crippen molar-refractivity contribution in [3.05, 3.63) is 29.8 Å². The predicted molar refractivity (Wildman–Crippen MR) is 185 cm³/mol. The Hall–Kier alpha value is -1.11. The standard InChI is InChI=1S/C37H65BrO5/c38-29-19-13-7-1-2-8-14-20-30-41-31-21-15-9-3-4-10-16-22-32-42-33-23-17-11-5-6-12-18-24-34-43-36-27-25-35(26-28-36)37(39)40/h25-28H,1-24,29-34H2,(H,39,40). The summed E-state index contributed by atoms with van der Waals surface area (Å²) in [6, 6.07) is 6.63. The van der Waals surface area contributed by atoms with E-state index in [2.05, 4.69) is 15.9 Å². The lowest BCUT2D eigenvalue weighted by molar-refractivity contribution is 0.0697. The number of rotatable bonds is 34. The number of carbonyl (C=O) groups is 1. The molecule has 5 nitrogen and oxygen atoms in total. The first kappa shape index (κ1) is 39.9. The molecule has 1 N–H and O–H groups in total. The molecule has 0 atom stereocenters. The smallest absolute Gasteiger partial charge is 0.335 e. The Morgan fingerprint density at radius 3 is 1.09 bits per heavy atom. The van der Waals surface area contributed by atoms with Gasteiger partial charge in [0.25, 0.3) is 0 Å². The molecule has 1 rings (SSSR count).